The molecule has 0 bridgehead atoms. The Morgan fingerprint density at radius 3 is 2.58 bits per heavy atom. The lowest BCUT2D eigenvalue weighted by atomic mass is 10.1. The molecule has 0 saturated carbocycles. The summed E-state index contributed by atoms with van der Waals surface area (Å²) in [6, 6.07) is 3.75. The Kier molecular flexibility index (Phi) is 5.46. The topological polar surface area (TPSA) is 43.8 Å². The summed E-state index contributed by atoms with van der Waals surface area (Å²) in [7, 11) is 0. The average Bonchev–Trinajstić information content (AvgIpc) is 2.98. The maximum atomic E-state index is 13.2. The van der Waals surface area contributed by atoms with Crippen LogP contribution in [0.3, 0.4) is 0 Å². The van der Waals surface area contributed by atoms with Gasteiger partial charge in [0.1, 0.15) is 0 Å². The monoisotopic (exact) mass is 338 g/mol. The van der Waals surface area contributed by atoms with Crippen molar-refractivity contribution in [1.82, 2.24) is 9.80 Å². The number of benzene rings is 1. The number of rotatable bonds is 4. The van der Waals surface area contributed by atoms with Crippen molar-refractivity contribution in [3.8, 4) is 0 Å². The van der Waals surface area contributed by atoms with Gasteiger partial charge in [-0.2, -0.15) is 0 Å². The van der Waals surface area contributed by atoms with Crippen molar-refractivity contribution < 1.29 is 18.7 Å². The summed E-state index contributed by atoms with van der Waals surface area (Å²) in [5.41, 5.74) is 0.606. The third-order valence-corrected chi connectivity index (χ3v) is 5.08. The maximum absolute atomic E-state index is 13.2. The fourth-order valence-electron chi connectivity index (χ4n) is 3.69. The molecule has 4 nitrogen and oxygen atoms in total. The van der Waals surface area contributed by atoms with E-state index in [1.807, 2.05) is 0 Å². The van der Waals surface area contributed by atoms with Crippen LogP contribution >= 0.6 is 0 Å². The molecule has 2 aliphatic heterocycles. The van der Waals surface area contributed by atoms with Crippen molar-refractivity contribution in [3.05, 3.63) is 35.4 Å². The van der Waals surface area contributed by atoms with Gasteiger partial charge in [0.2, 0.25) is 5.91 Å². The van der Waals surface area contributed by atoms with Gasteiger partial charge in [-0.25, -0.2) is 8.78 Å². The van der Waals surface area contributed by atoms with E-state index >= 15 is 0 Å². The summed E-state index contributed by atoms with van der Waals surface area (Å²) in [4.78, 5) is 16.4. The molecule has 24 heavy (non-hydrogen) atoms. The molecule has 0 unspecified atom stereocenters. The minimum absolute atomic E-state index is 0.0255. The molecule has 1 aromatic carbocycles. The Bertz CT molecular complexity index is 590. The molecule has 0 radical (unpaired) electrons. The maximum Gasteiger partial charge on any atom is 0.223 e. The lowest BCUT2D eigenvalue weighted by Gasteiger charge is -2.33. The molecular formula is C18H24F2N2O2. The van der Waals surface area contributed by atoms with Crippen LogP contribution in [0.1, 0.15) is 31.2 Å². The Hall–Kier alpha value is -1.53. The van der Waals surface area contributed by atoms with E-state index in [9.17, 15) is 18.7 Å². The van der Waals surface area contributed by atoms with E-state index < -0.39 is 17.7 Å². The SMILES string of the molecule is O=C(CCc1ccc(F)c(F)c1)N1C[C@@H](O)[C@H](N2CCCCC2)C1. The van der Waals surface area contributed by atoms with Gasteiger partial charge in [-0.1, -0.05) is 12.5 Å². The zero-order valence-electron chi connectivity index (χ0n) is 13.8. The number of nitrogens with zero attached hydrogens (tertiary/aromatic N) is 2. The predicted octanol–water partition coefficient (Wildman–Crippen LogP) is 1.96. The average molecular weight is 338 g/mol. The van der Waals surface area contributed by atoms with Gasteiger partial charge in [0.15, 0.2) is 11.6 Å². The molecule has 2 fully saturated rings. The second-order valence-electron chi connectivity index (χ2n) is 6.78. The normalized spacial score (nSPS) is 25.2. The van der Waals surface area contributed by atoms with Crippen molar-refractivity contribution in [2.45, 2.75) is 44.2 Å². The summed E-state index contributed by atoms with van der Waals surface area (Å²) in [6.07, 6.45) is 3.63. The summed E-state index contributed by atoms with van der Waals surface area (Å²) >= 11 is 0. The number of amides is 1. The van der Waals surface area contributed by atoms with E-state index in [4.69, 9.17) is 0 Å². The molecule has 0 aliphatic carbocycles. The quantitative estimate of drug-likeness (QED) is 0.913. The molecule has 0 spiro atoms. The molecule has 1 aromatic rings. The molecule has 3 rings (SSSR count). The first-order valence-corrected chi connectivity index (χ1v) is 8.68. The van der Waals surface area contributed by atoms with Crippen molar-refractivity contribution in [1.29, 1.82) is 0 Å². The summed E-state index contributed by atoms with van der Waals surface area (Å²) in [5.74, 6) is -1.81. The lowest BCUT2D eigenvalue weighted by Crippen LogP contribution is -2.46. The van der Waals surface area contributed by atoms with Gasteiger partial charge in [-0.15, -0.1) is 0 Å². The molecule has 1 amide bonds. The highest BCUT2D eigenvalue weighted by Gasteiger charge is 2.37. The minimum atomic E-state index is -0.887. The minimum Gasteiger partial charge on any atom is -0.390 e. The first kappa shape index (κ1) is 17.3. The molecule has 1 N–H and O–H groups in total. The third-order valence-electron chi connectivity index (χ3n) is 5.08. The van der Waals surface area contributed by atoms with Crippen molar-refractivity contribution in [2.24, 2.45) is 0 Å². The van der Waals surface area contributed by atoms with Gasteiger partial charge in [0.25, 0.3) is 0 Å². The number of aliphatic hydroxyl groups excluding tert-OH is 1. The molecule has 132 valence electrons. The van der Waals surface area contributed by atoms with Gasteiger partial charge in [0, 0.05) is 19.5 Å². The Labute approximate surface area is 141 Å². The number of hydrogen-bond acceptors (Lipinski definition) is 3. The lowest BCUT2D eigenvalue weighted by molar-refractivity contribution is -0.130. The second-order valence-corrected chi connectivity index (χ2v) is 6.78. The fourth-order valence-corrected chi connectivity index (χ4v) is 3.69. The van der Waals surface area contributed by atoms with Gasteiger partial charge < -0.3 is 10.0 Å². The van der Waals surface area contributed by atoms with Gasteiger partial charge in [-0.3, -0.25) is 9.69 Å². The summed E-state index contributed by atoms with van der Waals surface area (Å²) in [6.45, 7) is 2.88. The van der Waals surface area contributed by atoms with E-state index in [2.05, 4.69) is 4.90 Å². The van der Waals surface area contributed by atoms with E-state index in [0.717, 1.165) is 38.1 Å². The van der Waals surface area contributed by atoms with Crippen LogP contribution in [0.2, 0.25) is 0 Å². The number of aryl methyl sites for hydroxylation is 1. The van der Waals surface area contributed by atoms with Gasteiger partial charge in [-0.05, 0) is 50.0 Å². The zero-order chi connectivity index (χ0) is 17.1. The van der Waals surface area contributed by atoms with Crippen LogP contribution in [0.4, 0.5) is 8.78 Å². The van der Waals surface area contributed by atoms with Crippen molar-refractivity contribution >= 4 is 5.91 Å². The standard InChI is InChI=1S/C18H24F2N2O2/c19-14-6-4-13(10-15(14)20)5-7-18(24)22-11-16(17(23)12-22)21-8-2-1-3-9-21/h4,6,10,16-17,23H,1-3,5,7-9,11-12H2/t16-,17-/m1/s1. The Balaban J connectivity index is 1.52. The highest BCUT2D eigenvalue weighted by atomic mass is 19.2. The first-order chi connectivity index (χ1) is 11.5. The van der Waals surface area contributed by atoms with E-state index in [1.54, 1.807) is 4.90 Å². The molecule has 6 heteroatoms. The van der Waals surface area contributed by atoms with Crippen LogP contribution in [0.25, 0.3) is 0 Å². The third kappa shape index (κ3) is 3.92. The van der Waals surface area contributed by atoms with E-state index in [0.29, 0.717) is 25.1 Å². The summed E-state index contributed by atoms with van der Waals surface area (Å²) in [5, 5.41) is 10.3. The molecule has 2 saturated heterocycles. The zero-order valence-corrected chi connectivity index (χ0v) is 13.8. The largest absolute Gasteiger partial charge is 0.390 e. The van der Waals surface area contributed by atoms with Crippen molar-refractivity contribution in [2.75, 3.05) is 26.2 Å². The number of carbonyl (C=O) groups is 1. The van der Waals surface area contributed by atoms with E-state index in [-0.39, 0.29) is 18.4 Å². The molecule has 2 atom stereocenters. The predicted molar refractivity (Wildman–Crippen MR) is 86.5 cm³/mol. The number of carbonyl (C=O) groups excluding carboxylic acids is 1. The smallest absolute Gasteiger partial charge is 0.223 e. The highest BCUT2D eigenvalue weighted by molar-refractivity contribution is 5.77. The number of likely N-dealkylation sites (tertiary alicyclic amines) is 2. The van der Waals surface area contributed by atoms with Crippen LogP contribution < -0.4 is 0 Å². The summed E-state index contributed by atoms with van der Waals surface area (Å²) < 4.78 is 26.1. The van der Waals surface area contributed by atoms with Crippen LogP contribution in [0.5, 0.6) is 0 Å². The number of hydrogen-bond donors (Lipinski definition) is 1. The molecule has 0 aromatic heterocycles. The number of aliphatic hydroxyl groups is 1. The fraction of sp³-hybridized carbons (Fsp3) is 0.611. The van der Waals surface area contributed by atoms with E-state index in [1.165, 1.54) is 12.5 Å². The van der Waals surface area contributed by atoms with Gasteiger partial charge >= 0.3 is 0 Å². The Morgan fingerprint density at radius 2 is 1.88 bits per heavy atom. The first-order valence-electron chi connectivity index (χ1n) is 8.68. The van der Waals surface area contributed by atoms with Crippen LogP contribution in [-0.2, 0) is 11.2 Å². The van der Waals surface area contributed by atoms with Crippen LogP contribution in [0, 0.1) is 11.6 Å². The second kappa shape index (κ2) is 7.57. The molecule has 2 aliphatic rings. The number of halogens is 2. The van der Waals surface area contributed by atoms with Gasteiger partial charge in [0.05, 0.1) is 12.1 Å². The van der Waals surface area contributed by atoms with Crippen LogP contribution in [0.15, 0.2) is 18.2 Å². The Morgan fingerprint density at radius 1 is 1.12 bits per heavy atom. The highest BCUT2D eigenvalue weighted by Crippen LogP contribution is 2.21. The van der Waals surface area contributed by atoms with Crippen molar-refractivity contribution in [3.63, 3.8) is 0 Å². The molecular weight excluding hydrogens is 314 g/mol. The molecule has 2 heterocycles. The number of piperidine rings is 1. The number of β-amino-alcohol motifs (C(OH)–C–C–N with tert-alkyl or cyclic N) is 1. The van der Waals surface area contributed by atoms with Crippen LogP contribution in [-0.4, -0.2) is 59.1 Å².